The molecule has 0 radical (unpaired) electrons. The molecule has 0 fully saturated rings. The molecule has 0 aromatic heterocycles. The van der Waals surface area contributed by atoms with Crippen molar-refractivity contribution in [2.45, 2.75) is 142 Å². The van der Waals surface area contributed by atoms with E-state index >= 15 is 0 Å². The number of nitrogens with zero attached hydrogens (tertiary/aromatic N) is 1. The average Bonchev–Trinajstić information content (AvgIpc) is 2.82. The summed E-state index contributed by atoms with van der Waals surface area (Å²) in [5.41, 5.74) is 1.51. The minimum Gasteiger partial charge on any atom is -0.294 e. The minimum absolute atomic E-state index is 1.13. The van der Waals surface area contributed by atoms with E-state index in [1.165, 1.54) is 147 Å². The van der Waals surface area contributed by atoms with Crippen molar-refractivity contribution in [1.29, 1.82) is 0 Å². The van der Waals surface area contributed by atoms with E-state index in [2.05, 4.69) is 51.2 Å². The summed E-state index contributed by atoms with van der Waals surface area (Å²) >= 11 is 0. The molecule has 1 aromatic carbocycles. The van der Waals surface area contributed by atoms with Gasteiger partial charge in [0.15, 0.2) is 0 Å². The highest BCUT2D eigenvalue weighted by Gasteiger charge is 2.23. The number of rotatable bonds is 23. The topological polar surface area (TPSA) is 0 Å². The van der Waals surface area contributed by atoms with Crippen LogP contribution in [0.5, 0.6) is 0 Å². The zero-order chi connectivity index (χ0) is 23.2. The van der Waals surface area contributed by atoms with Crippen molar-refractivity contribution in [3.8, 4) is 0 Å². The lowest BCUT2D eigenvalue weighted by atomic mass is 10.0. The van der Waals surface area contributed by atoms with Gasteiger partial charge in [-0.15, -0.1) is 0 Å². The fourth-order valence-corrected chi connectivity index (χ4v) is 5.05. The van der Waals surface area contributed by atoms with E-state index in [0.717, 1.165) is 4.48 Å². The first-order valence-electron chi connectivity index (χ1n) is 14.6. The molecule has 0 N–H and O–H groups in total. The van der Waals surface area contributed by atoms with Gasteiger partial charge in [-0.3, -0.25) is 4.48 Å². The monoisotopic (exact) mass is 444 g/mol. The van der Waals surface area contributed by atoms with Gasteiger partial charge >= 0.3 is 0 Å². The summed E-state index contributed by atoms with van der Waals surface area (Å²) < 4.78 is 1.13. The Hall–Kier alpha value is -0.820. The largest absolute Gasteiger partial charge is 0.294 e. The summed E-state index contributed by atoms with van der Waals surface area (Å²) in [5.74, 6) is 0. The van der Waals surface area contributed by atoms with Gasteiger partial charge in [0.25, 0.3) is 0 Å². The molecule has 1 aromatic rings. The molecule has 0 aliphatic heterocycles. The van der Waals surface area contributed by atoms with Crippen LogP contribution in [-0.4, -0.2) is 20.1 Å². The second kappa shape index (κ2) is 20.8. The summed E-state index contributed by atoms with van der Waals surface area (Å²) in [6, 6.07) is 11.3. The lowest BCUT2D eigenvalue weighted by molar-refractivity contribution is 0.310. The van der Waals surface area contributed by atoms with Crippen LogP contribution >= 0.6 is 0 Å². The van der Waals surface area contributed by atoms with E-state index in [0.29, 0.717) is 0 Å². The summed E-state index contributed by atoms with van der Waals surface area (Å²) in [7, 11) is 2.48. The zero-order valence-electron chi connectivity index (χ0n) is 22.4. The molecule has 0 saturated heterocycles. The van der Waals surface area contributed by atoms with Crippen molar-refractivity contribution >= 4 is 5.69 Å². The van der Waals surface area contributed by atoms with Crippen molar-refractivity contribution in [3.05, 3.63) is 30.3 Å². The van der Waals surface area contributed by atoms with Gasteiger partial charge < -0.3 is 0 Å². The highest BCUT2D eigenvalue weighted by atomic mass is 15.3. The van der Waals surface area contributed by atoms with Gasteiger partial charge in [0, 0.05) is 0 Å². The van der Waals surface area contributed by atoms with Crippen molar-refractivity contribution in [2.24, 2.45) is 0 Å². The van der Waals surface area contributed by atoms with Gasteiger partial charge in [-0.1, -0.05) is 135 Å². The smallest absolute Gasteiger partial charge is 0.132 e. The second-order valence-corrected chi connectivity index (χ2v) is 10.5. The SMILES string of the molecule is CCCCCCCCCCCC[N+](C)(CCCCCCCCCCCC)c1ccccc1. The number of hydrogen-bond donors (Lipinski definition) is 0. The number of quaternary nitrogens is 1. The third kappa shape index (κ3) is 15.1. The minimum atomic E-state index is 1.13. The van der Waals surface area contributed by atoms with Crippen LogP contribution in [0.3, 0.4) is 0 Å². The second-order valence-electron chi connectivity index (χ2n) is 10.5. The highest BCUT2D eigenvalue weighted by molar-refractivity contribution is 5.41. The maximum Gasteiger partial charge on any atom is 0.132 e. The molecule has 0 heterocycles. The predicted molar refractivity (Wildman–Crippen MR) is 148 cm³/mol. The Kier molecular flexibility index (Phi) is 19.0. The predicted octanol–water partition coefficient (Wildman–Crippen LogP) is 10.5. The lowest BCUT2D eigenvalue weighted by Crippen LogP contribution is -2.46. The van der Waals surface area contributed by atoms with Crippen molar-refractivity contribution in [3.63, 3.8) is 0 Å². The molecule has 0 amide bonds. The van der Waals surface area contributed by atoms with Gasteiger partial charge in [-0.25, -0.2) is 0 Å². The highest BCUT2D eigenvalue weighted by Crippen LogP contribution is 2.24. The average molecular weight is 445 g/mol. The first kappa shape index (κ1) is 29.2. The van der Waals surface area contributed by atoms with Gasteiger partial charge in [-0.05, 0) is 37.8 Å². The fourth-order valence-electron chi connectivity index (χ4n) is 5.05. The number of unbranched alkanes of at least 4 members (excludes halogenated alkanes) is 18. The van der Waals surface area contributed by atoms with E-state index in [-0.39, 0.29) is 0 Å². The van der Waals surface area contributed by atoms with Crippen LogP contribution in [0.25, 0.3) is 0 Å². The normalized spacial score (nSPS) is 11.8. The van der Waals surface area contributed by atoms with Crippen LogP contribution in [0.15, 0.2) is 30.3 Å². The molecule has 0 spiro atoms. The van der Waals surface area contributed by atoms with E-state index in [1.54, 1.807) is 0 Å². The zero-order valence-corrected chi connectivity index (χ0v) is 22.4. The maximum absolute atomic E-state index is 2.48. The molecule has 1 rings (SSSR count). The van der Waals surface area contributed by atoms with Crippen molar-refractivity contribution in [1.82, 2.24) is 4.48 Å². The van der Waals surface area contributed by atoms with Crippen LogP contribution in [0, 0.1) is 0 Å². The molecule has 0 atom stereocenters. The Morgan fingerprint density at radius 2 is 0.750 bits per heavy atom. The Morgan fingerprint density at radius 3 is 1.09 bits per heavy atom. The van der Waals surface area contributed by atoms with Crippen LogP contribution in [-0.2, 0) is 0 Å². The van der Waals surface area contributed by atoms with E-state index in [4.69, 9.17) is 0 Å². The third-order valence-electron chi connectivity index (χ3n) is 7.39. The molecule has 0 saturated carbocycles. The molecule has 32 heavy (non-hydrogen) atoms. The molecule has 0 aliphatic rings. The summed E-state index contributed by atoms with van der Waals surface area (Å²) in [6.45, 7) is 7.21. The molecule has 0 unspecified atom stereocenters. The summed E-state index contributed by atoms with van der Waals surface area (Å²) in [4.78, 5) is 0. The molecule has 0 aliphatic carbocycles. The van der Waals surface area contributed by atoms with Crippen molar-refractivity contribution in [2.75, 3.05) is 20.1 Å². The van der Waals surface area contributed by atoms with Crippen LogP contribution in [0.2, 0.25) is 0 Å². The quantitative estimate of drug-likeness (QED) is 0.116. The molecule has 186 valence electrons. The van der Waals surface area contributed by atoms with Gasteiger partial charge in [0.05, 0.1) is 20.1 Å². The molecule has 1 heteroatoms. The number of hydrogen-bond acceptors (Lipinski definition) is 0. The molecule has 0 bridgehead atoms. The standard InChI is InChI=1S/C31H58N/c1-4-6-8-10-12-14-16-18-20-25-29-32(3,31-27-23-22-24-28-31)30-26-21-19-17-15-13-11-9-7-5-2/h22-24,27-28H,4-21,25-26,29-30H2,1-3H3/q+1. The Balaban J connectivity index is 2.21. The summed E-state index contributed by atoms with van der Waals surface area (Å²) in [5, 5.41) is 0. The molecule has 1 nitrogen and oxygen atoms in total. The van der Waals surface area contributed by atoms with Crippen LogP contribution in [0.1, 0.15) is 142 Å². The Morgan fingerprint density at radius 1 is 0.438 bits per heavy atom. The third-order valence-corrected chi connectivity index (χ3v) is 7.39. The van der Waals surface area contributed by atoms with Gasteiger partial charge in [0.2, 0.25) is 0 Å². The molecular weight excluding hydrogens is 386 g/mol. The van der Waals surface area contributed by atoms with E-state index in [9.17, 15) is 0 Å². The van der Waals surface area contributed by atoms with Gasteiger partial charge in [0.1, 0.15) is 5.69 Å². The Labute approximate surface area is 203 Å². The number of para-hydroxylation sites is 1. The first-order valence-corrected chi connectivity index (χ1v) is 14.6. The summed E-state index contributed by atoms with van der Waals surface area (Å²) in [6.07, 6.45) is 28.5. The van der Waals surface area contributed by atoms with E-state index in [1.807, 2.05) is 0 Å². The van der Waals surface area contributed by atoms with Gasteiger partial charge in [-0.2, -0.15) is 0 Å². The van der Waals surface area contributed by atoms with Crippen LogP contribution in [0.4, 0.5) is 5.69 Å². The number of benzene rings is 1. The van der Waals surface area contributed by atoms with Crippen molar-refractivity contribution < 1.29 is 0 Å². The lowest BCUT2D eigenvalue weighted by Gasteiger charge is -2.34. The van der Waals surface area contributed by atoms with E-state index < -0.39 is 0 Å². The Bertz CT molecular complexity index is 470. The van der Waals surface area contributed by atoms with Crippen LogP contribution < -0.4 is 4.48 Å². The molecular formula is C31H58N+. The first-order chi connectivity index (χ1) is 15.7. The fraction of sp³-hybridized carbons (Fsp3) is 0.806. The maximum atomic E-state index is 2.48.